The lowest BCUT2D eigenvalue weighted by molar-refractivity contribution is 0.0923. The third kappa shape index (κ3) is 8.01. The number of unbranched alkanes of at least 4 members (excludes halogenated alkanes) is 1. The molecule has 0 aliphatic heterocycles. The number of carbonyl (C=O) groups excluding carboxylic acids is 1. The van der Waals surface area contributed by atoms with Gasteiger partial charge in [-0.15, -0.1) is 0 Å². The average molecular weight is 555 g/mol. The minimum atomic E-state index is -0.413. The minimum absolute atomic E-state index is 0.122. The first kappa shape index (κ1) is 32.2. The molecule has 39 heavy (non-hydrogen) atoms. The fourth-order valence-corrected chi connectivity index (χ4v) is 4.94. The summed E-state index contributed by atoms with van der Waals surface area (Å²) in [6.45, 7) is 12.3. The van der Waals surface area contributed by atoms with E-state index in [9.17, 15) is 4.79 Å². The average Bonchev–Trinajstić information content (AvgIpc) is 3.29. The van der Waals surface area contributed by atoms with Crippen LogP contribution in [0.5, 0.6) is 0 Å². The second-order valence-electron chi connectivity index (χ2n) is 9.32. The van der Waals surface area contributed by atoms with E-state index in [0.29, 0.717) is 39.1 Å². The molecule has 4 rings (SSSR count). The van der Waals surface area contributed by atoms with Crippen LogP contribution in [-0.4, -0.2) is 34.6 Å². The van der Waals surface area contributed by atoms with E-state index in [1.807, 2.05) is 39.8 Å². The number of aromatic nitrogens is 2. The van der Waals surface area contributed by atoms with Crippen LogP contribution in [0.3, 0.4) is 0 Å². The van der Waals surface area contributed by atoms with Gasteiger partial charge in [-0.3, -0.25) is 14.2 Å². The number of hydrogen-bond acceptors (Lipinski definition) is 3. The van der Waals surface area contributed by atoms with Crippen molar-refractivity contribution in [1.82, 2.24) is 14.7 Å². The number of carbonyl (C=O) groups is 1. The molecule has 7 heteroatoms. The van der Waals surface area contributed by atoms with E-state index in [1.165, 1.54) is 6.07 Å². The summed E-state index contributed by atoms with van der Waals surface area (Å²) < 4.78 is 16.9. The minimum Gasteiger partial charge on any atom is -0.349 e. The summed E-state index contributed by atoms with van der Waals surface area (Å²) in [4.78, 5) is 21.7. The molecule has 1 N–H and O–H groups in total. The molecule has 1 amide bonds. The number of nitrogens with one attached hydrogen (secondary N) is 1. The van der Waals surface area contributed by atoms with E-state index in [0.717, 1.165) is 44.1 Å². The van der Waals surface area contributed by atoms with Crippen molar-refractivity contribution in [3.05, 3.63) is 64.7 Å². The Morgan fingerprint density at radius 2 is 1.87 bits per heavy atom. The predicted octanol–water partition coefficient (Wildman–Crippen LogP) is 9.04. The topological polar surface area (TPSA) is 58.8 Å². The fourth-order valence-electron chi connectivity index (χ4n) is 4.66. The van der Waals surface area contributed by atoms with Crippen molar-refractivity contribution in [2.24, 2.45) is 10.9 Å². The molecule has 0 unspecified atom stereocenters. The highest BCUT2D eigenvalue weighted by molar-refractivity contribution is 6.32. The molecule has 0 atom stereocenters. The van der Waals surface area contributed by atoms with Crippen LogP contribution in [0.4, 0.5) is 4.39 Å². The van der Waals surface area contributed by atoms with Gasteiger partial charge in [-0.2, -0.15) is 0 Å². The second kappa shape index (κ2) is 16.2. The van der Waals surface area contributed by atoms with Crippen molar-refractivity contribution in [1.29, 1.82) is 0 Å². The molecule has 0 radical (unpaired) electrons. The van der Waals surface area contributed by atoms with Crippen molar-refractivity contribution in [2.75, 3.05) is 7.05 Å². The Labute approximate surface area is 238 Å². The van der Waals surface area contributed by atoms with Crippen LogP contribution < -0.4 is 5.32 Å². The third-order valence-corrected chi connectivity index (χ3v) is 7.02. The maximum atomic E-state index is 15.2. The highest BCUT2D eigenvalue weighted by Crippen LogP contribution is 2.36. The van der Waals surface area contributed by atoms with E-state index in [4.69, 9.17) is 11.6 Å². The van der Waals surface area contributed by atoms with Gasteiger partial charge in [0.05, 0.1) is 0 Å². The Bertz CT molecular complexity index is 1270. The Morgan fingerprint density at radius 3 is 2.51 bits per heavy atom. The Morgan fingerprint density at radius 1 is 1.18 bits per heavy atom. The van der Waals surface area contributed by atoms with Crippen molar-refractivity contribution < 1.29 is 9.18 Å². The van der Waals surface area contributed by atoms with Crippen molar-refractivity contribution in [2.45, 2.75) is 86.1 Å². The molecule has 3 aromatic rings. The maximum absolute atomic E-state index is 15.2. The number of hydrogen-bond donors (Lipinski definition) is 1. The Balaban J connectivity index is 0.00000127. The molecule has 212 valence electrons. The van der Waals surface area contributed by atoms with Crippen LogP contribution in [-0.2, 0) is 0 Å². The summed E-state index contributed by atoms with van der Waals surface area (Å²) in [6.07, 6.45) is 11.6. The lowest BCUT2D eigenvalue weighted by Crippen LogP contribution is -2.37. The van der Waals surface area contributed by atoms with Gasteiger partial charge < -0.3 is 5.32 Å². The number of fused-ring (bicyclic) bond motifs is 1. The summed E-state index contributed by atoms with van der Waals surface area (Å²) in [6, 6.07) is 8.57. The van der Waals surface area contributed by atoms with Crippen LogP contribution in [0.25, 0.3) is 22.5 Å². The lowest BCUT2D eigenvalue weighted by Gasteiger charge is -2.26. The molecule has 1 saturated carbocycles. The zero-order chi connectivity index (χ0) is 28.9. The summed E-state index contributed by atoms with van der Waals surface area (Å²) in [5.74, 6) is 0.182. The van der Waals surface area contributed by atoms with Crippen LogP contribution >= 0.6 is 11.6 Å². The molecule has 1 fully saturated rings. The molecule has 1 aliphatic rings. The SMILES string of the molecule is CC.CC.CCC/C=C(\C=NC)c1cccc(F)c1-c1nc2cc(C(=O)NC3CCC(C)CC3)ccn2c1Cl. The zero-order valence-electron chi connectivity index (χ0n) is 24.5. The normalized spacial score (nSPS) is 17.3. The standard InChI is InChI=1S/C28H32ClFN4O.2C2H6/c1-4-5-7-20(17-31-3)22-8-6-9-23(30)25(22)26-27(29)34-15-14-19(16-24(34)33-26)28(35)32-21-12-10-18(2)11-13-21;2*1-2/h6-9,14-18,21H,4-5,10-13H2,1-3H3,(H,32,35);2*1-2H3/b20-7+,31-17?;;. The number of rotatable bonds is 7. The molecule has 2 heterocycles. The molecule has 5 nitrogen and oxygen atoms in total. The third-order valence-electron chi connectivity index (χ3n) is 6.66. The number of imidazole rings is 1. The highest BCUT2D eigenvalue weighted by Gasteiger charge is 2.23. The monoisotopic (exact) mass is 554 g/mol. The van der Waals surface area contributed by atoms with Crippen LogP contribution in [0.15, 0.2) is 47.6 Å². The smallest absolute Gasteiger partial charge is 0.251 e. The summed E-state index contributed by atoms with van der Waals surface area (Å²) in [5.41, 5.74) is 3.17. The first-order chi connectivity index (χ1) is 18.9. The number of nitrogens with zero attached hydrogens (tertiary/aromatic N) is 3. The van der Waals surface area contributed by atoms with Crippen molar-refractivity contribution >= 4 is 34.9 Å². The van der Waals surface area contributed by atoms with Gasteiger partial charge in [0.1, 0.15) is 22.3 Å². The second-order valence-corrected chi connectivity index (χ2v) is 9.68. The van der Waals surface area contributed by atoms with Gasteiger partial charge in [0.2, 0.25) is 0 Å². The van der Waals surface area contributed by atoms with Gasteiger partial charge >= 0.3 is 0 Å². The summed E-state index contributed by atoms with van der Waals surface area (Å²) in [5, 5.41) is 3.44. The quantitative estimate of drug-likeness (QED) is 0.296. The van der Waals surface area contributed by atoms with Crippen LogP contribution in [0.1, 0.15) is 96.0 Å². The van der Waals surface area contributed by atoms with Crippen LogP contribution in [0, 0.1) is 11.7 Å². The van der Waals surface area contributed by atoms with E-state index in [2.05, 4.69) is 29.1 Å². The number of allylic oxidation sites excluding steroid dienone is 2. The number of pyridine rings is 1. The molecule has 1 aromatic carbocycles. The molecule has 0 bridgehead atoms. The first-order valence-corrected chi connectivity index (χ1v) is 14.7. The molecule has 0 spiro atoms. The number of amides is 1. The van der Waals surface area contributed by atoms with Gasteiger partial charge in [-0.1, -0.05) is 77.8 Å². The van der Waals surface area contributed by atoms with Gasteiger partial charge in [-0.25, -0.2) is 9.37 Å². The van der Waals surface area contributed by atoms with Gasteiger partial charge in [0, 0.05) is 36.6 Å². The lowest BCUT2D eigenvalue weighted by atomic mass is 9.87. The molecule has 2 aromatic heterocycles. The predicted molar refractivity (Wildman–Crippen MR) is 164 cm³/mol. The zero-order valence-corrected chi connectivity index (χ0v) is 25.3. The molecular weight excluding hydrogens is 511 g/mol. The van der Waals surface area contributed by atoms with Gasteiger partial charge in [0.25, 0.3) is 5.91 Å². The van der Waals surface area contributed by atoms with E-state index < -0.39 is 5.82 Å². The summed E-state index contributed by atoms with van der Waals surface area (Å²) >= 11 is 6.70. The van der Waals surface area contributed by atoms with Crippen molar-refractivity contribution in [3.8, 4) is 11.3 Å². The molecule has 1 aliphatic carbocycles. The van der Waals surface area contributed by atoms with E-state index in [-0.39, 0.29) is 11.9 Å². The fraction of sp³-hybridized carbons (Fsp3) is 0.469. The Hall–Kier alpha value is -2.99. The van der Waals surface area contributed by atoms with Crippen LogP contribution in [0.2, 0.25) is 5.15 Å². The maximum Gasteiger partial charge on any atom is 0.251 e. The van der Waals surface area contributed by atoms with Gasteiger partial charge in [0.15, 0.2) is 0 Å². The van der Waals surface area contributed by atoms with E-state index in [1.54, 1.807) is 42.1 Å². The summed E-state index contributed by atoms with van der Waals surface area (Å²) in [7, 11) is 1.69. The highest BCUT2D eigenvalue weighted by atomic mass is 35.5. The van der Waals surface area contributed by atoms with E-state index >= 15 is 4.39 Å². The first-order valence-electron chi connectivity index (χ1n) is 14.3. The largest absolute Gasteiger partial charge is 0.349 e. The molecule has 0 saturated heterocycles. The number of halogens is 2. The Kier molecular flexibility index (Phi) is 13.4. The van der Waals surface area contributed by atoms with Gasteiger partial charge in [-0.05, 0) is 67.4 Å². The molecular formula is C32H44ClFN4O. The number of benzene rings is 1. The number of aliphatic imine (C=N–C) groups is 1. The van der Waals surface area contributed by atoms with Crippen molar-refractivity contribution in [3.63, 3.8) is 0 Å².